The first kappa shape index (κ1) is 18.0. The van der Waals surface area contributed by atoms with E-state index >= 15 is 0 Å². The topological polar surface area (TPSA) is 41.6 Å². The van der Waals surface area contributed by atoms with Crippen molar-refractivity contribution >= 4 is 5.91 Å². The van der Waals surface area contributed by atoms with Crippen LogP contribution in [0.5, 0.6) is 5.75 Å². The number of carbonyl (C=O) groups is 1. The van der Waals surface area contributed by atoms with Gasteiger partial charge in [0.15, 0.2) is 0 Å². The van der Waals surface area contributed by atoms with Gasteiger partial charge in [-0.1, -0.05) is 48.5 Å². The van der Waals surface area contributed by atoms with Crippen LogP contribution in [0.2, 0.25) is 0 Å². The molecule has 0 aromatic heterocycles. The fourth-order valence-electron chi connectivity index (χ4n) is 2.71. The summed E-state index contributed by atoms with van der Waals surface area (Å²) in [4.78, 5) is 14.5. The van der Waals surface area contributed by atoms with Crippen molar-refractivity contribution in [2.45, 2.75) is 18.9 Å². The highest BCUT2D eigenvalue weighted by Gasteiger charge is 2.15. The number of likely N-dealkylation sites (N-methyl/N-ethyl adjacent to an activating group) is 1. The number of para-hydroxylation sites is 1. The van der Waals surface area contributed by atoms with Gasteiger partial charge in [0.25, 0.3) is 0 Å². The Bertz CT molecular complexity index is 641. The molecule has 128 valence electrons. The lowest BCUT2D eigenvalue weighted by Crippen LogP contribution is -2.35. The zero-order chi connectivity index (χ0) is 17.4. The van der Waals surface area contributed by atoms with E-state index in [0.717, 1.165) is 23.4 Å². The van der Waals surface area contributed by atoms with Crippen molar-refractivity contribution in [1.82, 2.24) is 10.2 Å². The van der Waals surface area contributed by atoms with Crippen LogP contribution in [0.3, 0.4) is 0 Å². The molecule has 0 bridgehead atoms. The predicted molar refractivity (Wildman–Crippen MR) is 97.2 cm³/mol. The molecule has 24 heavy (non-hydrogen) atoms. The number of rotatable bonds is 8. The number of nitrogens with zero attached hydrogens (tertiary/aromatic N) is 1. The number of hydrogen-bond donors (Lipinski definition) is 1. The highest BCUT2D eigenvalue weighted by Crippen LogP contribution is 2.19. The SMILES string of the molecule is COc1ccccc1CCC(=O)NC(CN(C)C)c1ccccc1. The molecule has 0 saturated heterocycles. The van der Waals surface area contributed by atoms with E-state index in [1.807, 2.05) is 56.6 Å². The molecule has 1 amide bonds. The van der Waals surface area contributed by atoms with Crippen LogP contribution in [-0.2, 0) is 11.2 Å². The van der Waals surface area contributed by atoms with Gasteiger partial charge in [-0.15, -0.1) is 0 Å². The van der Waals surface area contributed by atoms with E-state index < -0.39 is 0 Å². The highest BCUT2D eigenvalue weighted by atomic mass is 16.5. The summed E-state index contributed by atoms with van der Waals surface area (Å²) in [5.74, 6) is 0.884. The fraction of sp³-hybridized carbons (Fsp3) is 0.350. The zero-order valence-electron chi connectivity index (χ0n) is 14.7. The van der Waals surface area contributed by atoms with Crippen molar-refractivity contribution in [1.29, 1.82) is 0 Å². The molecule has 0 radical (unpaired) electrons. The first-order valence-electron chi connectivity index (χ1n) is 8.21. The van der Waals surface area contributed by atoms with Crippen molar-refractivity contribution in [3.8, 4) is 5.75 Å². The second kappa shape index (κ2) is 9.08. The van der Waals surface area contributed by atoms with Gasteiger partial charge in [-0.2, -0.15) is 0 Å². The Labute approximate surface area is 144 Å². The average Bonchev–Trinajstić information content (AvgIpc) is 2.60. The standard InChI is InChI=1S/C20H26N2O2/c1-22(2)15-18(16-9-5-4-6-10-16)21-20(23)14-13-17-11-7-8-12-19(17)24-3/h4-12,18H,13-15H2,1-3H3,(H,21,23). The second-order valence-electron chi connectivity index (χ2n) is 6.10. The van der Waals surface area contributed by atoms with Crippen LogP contribution in [0.4, 0.5) is 0 Å². The van der Waals surface area contributed by atoms with E-state index in [9.17, 15) is 4.79 Å². The number of ether oxygens (including phenoxy) is 1. The van der Waals surface area contributed by atoms with E-state index in [1.54, 1.807) is 7.11 Å². The lowest BCUT2D eigenvalue weighted by molar-refractivity contribution is -0.121. The maximum Gasteiger partial charge on any atom is 0.220 e. The summed E-state index contributed by atoms with van der Waals surface area (Å²) in [6, 6.07) is 17.9. The average molecular weight is 326 g/mol. The molecule has 2 aromatic carbocycles. The Morgan fingerprint density at radius 1 is 1.08 bits per heavy atom. The van der Waals surface area contributed by atoms with Crippen LogP contribution >= 0.6 is 0 Å². The molecule has 0 spiro atoms. The monoisotopic (exact) mass is 326 g/mol. The van der Waals surface area contributed by atoms with Crippen molar-refractivity contribution in [2.24, 2.45) is 0 Å². The van der Waals surface area contributed by atoms with Gasteiger partial charge in [0, 0.05) is 13.0 Å². The number of benzene rings is 2. The molecule has 0 aliphatic carbocycles. The second-order valence-corrected chi connectivity index (χ2v) is 6.10. The quantitative estimate of drug-likeness (QED) is 0.811. The molecular formula is C20H26N2O2. The third-order valence-corrected chi connectivity index (χ3v) is 3.90. The number of carbonyl (C=O) groups excluding carboxylic acids is 1. The van der Waals surface area contributed by atoms with Crippen LogP contribution in [0.25, 0.3) is 0 Å². The molecule has 0 heterocycles. The molecule has 0 fully saturated rings. The van der Waals surface area contributed by atoms with Gasteiger partial charge in [0.2, 0.25) is 5.91 Å². The number of hydrogen-bond acceptors (Lipinski definition) is 3. The summed E-state index contributed by atoms with van der Waals surface area (Å²) < 4.78 is 5.34. The third kappa shape index (κ3) is 5.39. The smallest absolute Gasteiger partial charge is 0.220 e. The van der Waals surface area contributed by atoms with E-state index in [0.29, 0.717) is 12.8 Å². The molecule has 4 nitrogen and oxygen atoms in total. The Hall–Kier alpha value is -2.33. The molecule has 0 aliphatic rings. The van der Waals surface area contributed by atoms with Crippen LogP contribution in [0.15, 0.2) is 54.6 Å². The molecule has 1 N–H and O–H groups in total. The normalized spacial score (nSPS) is 12.0. The molecule has 2 aromatic rings. The maximum absolute atomic E-state index is 12.4. The van der Waals surface area contributed by atoms with Crippen LogP contribution in [-0.4, -0.2) is 38.6 Å². The minimum atomic E-state index is -0.00799. The summed E-state index contributed by atoms with van der Waals surface area (Å²) in [5.41, 5.74) is 2.18. The van der Waals surface area contributed by atoms with Gasteiger partial charge in [0.05, 0.1) is 13.2 Å². The number of aryl methyl sites for hydroxylation is 1. The lowest BCUT2D eigenvalue weighted by atomic mass is 10.1. The van der Waals surface area contributed by atoms with Crippen LogP contribution < -0.4 is 10.1 Å². The molecule has 1 unspecified atom stereocenters. The predicted octanol–water partition coefficient (Wildman–Crippen LogP) is 3.05. The van der Waals surface area contributed by atoms with Gasteiger partial charge in [-0.3, -0.25) is 4.79 Å². The number of methoxy groups -OCH3 is 1. The molecular weight excluding hydrogens is 300 g/mol. The lowest BCUT2D eigenvalue weighted by Gasteiger charge is -2.23. The van der Waals surface area contributed by atoms with Crippen LogP contribution in [0, 0.1) is 0 Å². The van der Waals surface area contributed by atoms with Crippen molar-refractivity contribution in [3.63, 3.8) is 0 Å². The Balaban J connectivity index is 1.97. The minimum absolute atomic E-state index is 0.00799. The van der Waals surface area contributed by atoms with E-state index in [2.05, 4.69) is 22.3 Å². The summed E-state index contributed by atoms with van der Waals surface area (Å²) in [7, 11) is 5.68. The van der Waals surface area contributed by atoms with Crippen molar-refractivity contribution < 1.29 is 9.53 Å². The first-order chi connectivity index (χ1) is 11.6. The van der Waals surface area contributed by atoms with Gasteiger partial charge >= 0.3 is 0 Å². The summed E-state index contributed by atoms with van der Waals surface area (Å²) in [6.07, 6.45) is 1.11. The molecule has 0 aliphatic heterocycles. The number of amides is 1. The Morgan fingerprint density at radius 2 is 1.75 bits per heavy atom. The largest absolute Gasteiger partial charge is 0.496 e. The third-order valence-electron chi connectivity index (χ3n) is 3.90. The van der Waals surface area contributed by atoms with Crippen molar-refractivity contribution in [2.75, 3.05) is 27.7 Å². The van der Waals surface area contributed by atoms with Crippen LogP contribution in [0.1, 0.15) is 23.6 Å². The molecule has 4 heteroatoms. The van der Waals surface area contributed by atoms with Gasteiger partial charge < -0.3 is 15.0 Å². The van der Waals surface area contributed by atoms with E-state index in [4.69, 9.17) is 4.74 Å². The molecule has 0 saturated carbocycles. The summed E-state index contributed by atoms with van der Waals surface area (Å²) >= 11 is 0. The molecule has 1 atom stereocenters. The Morgan fingerprint density at radius 3 is 2.42 bits per heavy atom. The number of nitrogens with one attached hydrogen (secondary N) is 1. The zero-order valence-corrected chi connectivity index (χ0v) is 14.7. The fourth-order valence-corrected chi connectivity index (χ4v) is 2.71. The van der Waals surface area contributed by atoms with E-state index in [-0.39, 0.29) is 11.9 Å². The van der Waals surface area contributed by atoms with Gasteiger partial charge in [-0.25, -0.2) is 0 Å². The molecule has 2 rings (SSSR count). The summed E-state index contributed by atoms with van der Waals surface area (Å²) in [6.45, 7) is 0.768. The van der Waals surface area contributed by atoms with Gasteiger partial charge in [-0.05, 0) is 37.7 Å². The van der Waals surface area contributed by atoms with E-state index in [1.165, 1.54) is 0 Å². The summed E-state index contributed by atoms with van der Waals surface area (Å²) in [5, 5.41) is 3.15. The highest BCUT2D eigenvalue weighted by molar-refractivity contribution is 5.76. The maximum atomic E-state index is 12.4. The van der Waals surface area contributed by atoms with Gasteiger partial charge in [0.1, 0.15) is 5.75 Å². The van der Waals surface area contributed by atoms with Crippen molar-refractivity contribution in [3.05, 3.63) is 65.7 Å². The Kier molecular flexibility index (Phi) is 6.82. The minimum Gasteiger partial charge on any atom is -0.496 e. The first-order valence-corrected chi connectivity index (χ1v) is 8.21.